The lowest BCUT2D eigenvalue weighted by molar-refractivity contribution is 0.647. The summed E-state index contributed by atoms with van der Waals surface area (Å²) in [7, 11) is 0. The van der Waals surface area contributed by atoms with Crippen LogP contribution in [0.15, 0.2) is 46.8 Å². The molecule has 2 heterocycles. The average Bonchev–Trinajstić information content (AvgIpc) is 2.91. The van der Waals surface area contributed by atoms with Crippen LogP contribution in [0.25, 0.3) is 0 Å². The Kier molecular flexibility index (Phi) is 4.51. The standard InChI is InChI=1S/C12H14BrN5O/c1-2-5-18-12(19)11(13)10(8-16-18)15-4-7-17-6-3-14-9-17/h2-3,6,8-9,15H,1,4-5,7H2. The lowest BCUT2D eigenvalue weighted by Crippen LogP contribution is -2.24. The Labute approximate surface area is 118 Å². The minimum Gasteiger partial charge on any atom is -0.381 e. The number of hydrogen-bond acceptors (Lipinski definition) is 4. The Morgan fingerprint density at radius 1 is 1.53 bits per heavy atom. The number of aromatic nitrogens is 4. The normalized spacial score (nSPS) is 10.4. The van der Waals surface area contributed by atoms with Crippen LogP contribution >= 0.6 is 15.9 Å². The summed E-state index contributed by atoms with van der Waals surface area (Å²) in [5, 5.41) is 7.23. The topological polar surface area (TPSA) is 64.7 Å². The van der Waals surface area contributed by atoms with E-state index in [9.17, 15) is 4.79 Å². The fourth-order valence-corrected chi connectivity index (χ4v) is 2.03. The van der Waals surface area contributed by atoms with Gasteiger partial charge in [0.25, 0.3) is 5.56 Å². The number of nitrogens with zero attached hydrogens (tertiary/aromatic N) is 4. The number of imidazole rings is 1. The van der Waals surface area contributed by atoms with Crippen molar-refractivity contribution in [2.45, 2.75) is 13.1 Å². The SMILES string of the molecule is C=CCn1ncc(NCCn2ccnc2)c(Br)c1=O. The first-order chi connectivity index (χ1) is 9.22. The summed E-state index contributed by atoms with van der Waals surface area (Å²) in [6.07, 6.45) is 8.62. The largest absolute Gasteiger partial charge is 0.381 e. The molecule has 7 heteroatoms. The molecular formula is C12H14BrN5O. The summed E-state index contributed by atoms with van der Waals surface area (Å²) in [6.45, 7) is 5.43. The van der Waals surface area contributed by atoms with Crippen molar-refractivity contribution in [2.24, 2.45) is 0 Å². The van der Waals surface area contributed by atoms with Crippen molar-refractivity contribution in [3.05, 3.63) is 52.4 Å². The number of halogens is 1. The van der Waals surface area contributed by atoms with Gasteiger partial charge in [-0.2, -0.15) is 5.10 Å². The third-order valence-electron chi connectivity index (χ3n) is 2.53. The van der Waals surface area contributed by atoms with Gasteiger partial charge in [0.2, 0.25) is 0 Å². The third-order valence-corrected chi connectivity index (χ3v) is 3.30. The number of hydrogen-bond donors (Lipinski definition) is 1. The summed E-state index contributed by atoms with van der Waals surface area (Å²) >= 11 is 3.29. The Morgan fingerprint density at radius 2 is 2.37 bits per heavy atom. The van der Waals surface area contributed by atoms with Gasteiger partial charge >= 0.3 is 0 Å². The summed E-state index contributed by atoms with van der Waals surface area (Å²) in [4.78, 5) is 15.9. The number of nitrogens with one attached hydrogen (secondary N) is 1. The quantitative estimate of drug-likeness (QED) is 0.818. The fraction of sp³-hybridized carbons (Fsp3) is 0.250. The smallest absolute Gasteiger partial charge is 0.283 e. The molecule has 2 aromatic heterocycles. The average molecular weight is 324 g/mol. The van der Waals surface area contributed by atoms with E-state index in [0.717, 1.165) is 6.54 Å². The third kappa shape index (κ3) is 3.31. The number of allylic oxidation sites excluding steroid dienone is 1. The second-order valence-electron chi connectivity index (χ2n) is 3.88. The predicted molar refractivity (Wildman–Crippen MR) is 77.1 cm³/mol. The van der Waals surface area contributed by atoms with Gasteiger partial charge in [0.1, 0.15) is 4.47 Å². The van der Waals surface area contributed by atoms with E-state index in [2.05, 4.69) is 37.9 Å². The molecule has 0 saturated heterocycles. The maximum Gasteiger partial charge on any atom is 0.283 e. The molecule has 0 spiro atoms. The zero-order valence-corrected chi connectivity index (χ0v) is 11.9. The van der Waals surface area contributed by atoms with E-state index in [-0.39, 0.29) is 5.56 Å². The Morgan fingerprint density at radius 3 is 3.05 bits per heavy atom. The number of rotatable bonds is 6. The first kappa shape index (κ1) is 13.5. The highest BCUT2D eigenvalue weighted by molar-refractivity contribution is 9.10. The van der Waals surface area contributed by atoms with Crippen LogP contribution in [0, 0.1) is 0 Å². The van der Waals surface area contributed by atoms with Crippen molar-refractivity contribution in [2.75, 3.05) is 11.9 Å². The van der Waals surface area contributed by atoms with Gasteiger partial charge in [-0.1, -0.05) is 6.08 Å². The summed E-state index contributed by atoms with van der Waals surface area (Å²) < 4.78 is 3.78. The molecule has 0 amide bonds. The van der Waals surface area contributed by atoms with E-state index in [1.807, 2.05) is 10.8 Å². The van der Waals surface area contributed by atoms with Crippen molar-refractivity contribution < 1.29 is 0 Å². The van der Waals surface area contributed by atoms with Gasteiger partial charge in [0, 0.05) is 25.5 Å². The second kappa shape index (κ2) is 6.33. The second-order valence-corrected chi connectivity index (χ2v) is 4.67. The lowest BCUT2D eigenvalue weighted by Gasteiger charge is -2.09. The molecule has 0 fully saturated rings. The van der Waals surface area contributed by atoms with Gasteiger partial charge in [-0.05, 0) is 15.9 Å². The first-order valence-corrected chi connectivity index (χ1v) is 6.58. The maximum atomic E-state index is 11.9. The highest BCUT2D eigenvalue weighted by Crippen LogP contribution is 2.15. The van der Waals surface area contributed by atoms with E-state index in [1.165, 1.54) is 4.68 Å². The van der Waals surface area contributed by atoms with Crippen molar-refractivity contribution in [1.29, 1.82) is 0 Å². The molecule has 6 nitrogen and oxygen atoms in total. The van der Waals surface area contributed by atoms with Crippen LogP contribution in [0.1, 0.15) is 0 Å². The van der Waals surface area contributed by atoms with E-state index < -0.39 is 0 Å². The van der Waals surface area contributed by atoms with Crippen LogP contribution in [0.2, 0.25) is 0 Å². The number of anilines is 1. The fourth-order valence-electron chi connectivity index (χ4n) is 1.58. The zero-order valence-electron chi connectivity index (χ0n) is 10.3. The van der Waals surface area contributed by atoms with Crippen LogP contribution in [-0.4, -0.2) is 25.9 Å². The van der Waals surface area contributed by atoms with Gasteiger partial charge in [0.05, 0.1) is 24.8 Å². The molecule has 2 rings (SSSR count). The Balaban J connectivity index is 2.02. The molecule has 0 aliphatic heterocycles. The van der Waals surface area contributed by atoms with Gasteiger partial charge in [-0.15, -0.1) is 6.58 Å². The van der Waals surface area contributed by atoms with Crippen LogP contribution in [-0.2, 0) is 13.1 Å². The molecule has 0 aliphatic rings. The van der Waals surface area contributed by atoms with E-state index in [4.69, 9.17) is 0 Å². The molecule has 0 atom stereocenters. The molecule has 1 N–H and O–H groups in total. The van der Waals surface area contributed by atoms with Crippen molar-refractivity contribution in [3.8, 4) is 0 Å². The molecule has 19 heavy (non-hydrogen) atoms. The van der Waals surface area contributed by atoms with Gasteiger partial charge in [0.15, 0.2) is 0 Å². The van der Waals surface area contributed by atoms with Gasteiger partial charge in [-0.3, -0.25) is 4.79 Å². The first-order valence-electron chi connectivity index (χ1n) is 5.78. The molecule has 0 radical (unpaired) electrons. The molecule has 0 saturated carbocycles. The molecular weight excluding hydrogens is 310 g/mol. The summed E-state index contributed by atoms with van der Waals surface area (Å²) in [5.74, 6) is 0. The molecule has 100 valence electrons. The highest BCUT2D eigenvalue weighted by Gasteiger charge is 2.07. The van der Waals surface area contributed by atoms with Gasteiger partial charge in [-0.25, -0.2) is 9.67 Å². The summed E-state index contributed by atoms with van der Waals surface area (Å²) in [5.41, 5.74) is 0.512. The van der Waals surface area contributed by atoms with Crippen molar-refractivity contribution in [3.63, 3.8) is 0 Å². The lowest BCUT2D eigenvalue weighted by atomic mass is 10.4. The predicted octanol–water partition coefficient (Wildman–Crippen LogP) is 1.50. The molecule has 0 unspecified atom stereocenters. The van der Waals surface area contributed by atoms with E-state index in [0.29, 0.717) is 23.2 Å². The highest BCUT2D eigenvalue weighted by atomic mass is 79.9. The van der Waals surface area contributed by atoms with Gasteiger partial charge < -0.3 is 9.88 Å². The zero-order chi connectivity index (χ0) is 13.7. The molecule has 0 bridgehead atoms. The Bertz CT molecular complexity index is 605. The van der Waals surface area contributed by atoms with Crippen molar-refractivity contribution in [1.82, 2.24) is 19.3 Å². The minimum atomic E-state index is -0.174. The summed E-state index contributed by atoms with van der Waals surface area (Å²) in [6, 6.07) is 0. The molecule has 2 aromatic rings. The Hall–Kier alpha value is -1.89. The van der Waals surface area contributed by atoms with Crippen LogP contribution < -0.4 is 10.9 Å². The van der Waals surface area contributed by atoms with Crippen LogP contribution in [0.4, 0.5) is 5.69 Å². The minimum absolute atomic E-state index is 0.174. The van der Waals surface area contributed by atoms with E-state index in [1.54, 1.807) is 24.8 Å². The maximum absolute atomic E-state index is 11.9. The van der Waals surface area contributed by atoms with Crippen LogP contribution in [0.3, 0.4) is 0 Å². The molecule has 0 aliphatic carbocycles. The monoisotopic (exact) mass is 323 g/mol. The van der Waals surface area contributed by atoms with Crippen molar-refractivity contribution >= 4 is 21.6 Å². The molecule has 0 aromatic carbocycles. The van der Waals surface area contributed by atoms with E-state index >= 15 is 0 Å². The van der Waals surface area contributed by atoms with Crippen LogP contribution in [0.5, 0.6) is 0 Å².